The van der Waals surface area contributed by atoms with E-state index in [4.69, 9.17) is 6.42 Å². The molecule has 0 aromatic rings. The Morgan fingerprint density at radius 1 is 1.43 bits per heavy atom. The molecule has 2 atom stereocenters. The minimum absolute atomic E-state index is 0.372. The molecule has 1 N–H and O–H groups in total. The van der Waals surface area contributed by atoms with Crippen molar-refractivity contribution in [2.45, 2.75) is 38.6 Å². The van der Waals surface area contributed by atoms with Gasteiger partial charge in [-0.3, -0.25) is 5.32 Å². The Morgan fingerprint density at radius 2 is 2.00 bits per heavy atom. The first-order valence-electron chi connectivity index (χ1n) is 5.21. The summed E-state index contributed by atoms with van der Waals surface area (Å²) in [4.78, 5) is 0. The van der Waals surface area contributed by atoms with Gasteiger partial charge in [-0.05, 0) is 31.1 Å². The largest absolute Gasteiger partial charge is 0.288 e. The van der Waals surface area contributed by atoms with Crippen LogP contribution in [0.1, 0.15) is 33.1 Å². The maximum absolute atomic E-state index is 9.22. The van der Waals surface area contributed by atoms with Crippen LogP contribution in [0.2, 0.25) is 0 Å². The maximum Gasteiger partial charge on any atom is 0.108 e. The van der Waals surface area contributed by atoms with Crippen molar-refractivity contribution in [2.24, 2.45) is 11.8 Å². The molecule has 0 radical (unpaired) electrons. The van der Waals surface area contributed by atoms with Gasteiger partial charge in [-0.15, -0.1) is 6.42 Å². The zero-order valence-electron chi connectivity index (χ0n) is 9.01. The fourth-order valence-corrected chi connectivity index (χ4v) is 2.62. The van der Waals surface area contributed by atoms with Crippen LogP contribution in [-0.2, 0) is 0 Å². The molecule has 2 heteroatoms. The van der Waals surface area contributed by atoms with Crippen LogP contribution in [0.5, 0.6) is 0 Å². The molecule has 1 saturated carbocycles. The molecule has 2 nitrogen and oxygen atoms in total. The fraction of sp³-hybridized carbons (Fsp3) is 0.750. The molecular weight excluding hydrogens is 172 g/mol. The van der Waals surface area contributed by atoms with Crippen molar-refractivity contribution in [1.82, 2.24) is 5.32 Å². The van der Waals surface area contributed by atoms with Crippen molar-refractivity contribution >= 4 is 0 Å². The Kier molecular flexibility index (Phi) is 3.55. The first-order valence-corrected chi connectivity index (χ1v) is 5.21. The van der Waals surface area contributed by atoms with E-state index < -0.39 is 0 Å². The number of nitrogens with zero attached hydrogens (tertiary/aromatic N) is 1. The minimum atomic E-state index is -0.372. The molecule has 1 aliphatic carbocycles. The number of hydrogen-bond donors (Lipinski definition) is 1. The minimum Gasteiger partial charge on any atom is -0.288 e. The highest BCUT2D eigenvalue weighted by Gasteiger charge is 2.37. The number of rotatable bonds is 2. The second kappa shape index (κ2) is 4.49. The highest BCUT2D eigenvalue weighted by Crippen LogP contribution is 2.35. The molecule has 0 aromatic heterocycles. The Hall–Kier alpha value is -0.990. The molecule has 1 rings (SSSR count). The molecule has 76 valence electrons. The molecule has 0 heterocycles. The Bertz CT molecular complexity index is 259. The van der Waals surface area contributed by atoms with Gasteiger partial charge in [-0.25, -0.2) is 0 Å². The van der Waals surface area contributed by atoms with Crippen LogP contribution in [0.25, 0.3) is 0 Å². The predicted molar refractivity (Wildman–Crippen MR) is 57.4 cm³/mol. The lowest BCUT2D eigenvalue weighted by atomic mass is 9.72. The topological polar surface area (TPSA) is 35.8 Å². The van der Waals surface area contributed by atoms with E-state index in [1.54, 1.807) is 0 Å². The average molecular weight is 190 g/mol. The van der Waals surface area contributed by atoms with Crippen LogP contribution >= 0.6 is 0 Å². The summed E-state index contributed by atoms with van der Waals surface area (Å²) in [6.45, 7) is 4.91. The molecule has 0 spiro atoms. The molecule has 0 saturated heterocycles. The molecule has 0 bridgehead atoms. The molecule has 14 heavy (non-hydrogen) atoms. The van der Waals surface area contributed by atoms with Crippen molar-refractivity contribution < 1.29 is 0 Å². The predicted octanol–water partition coefficient (Wildman–Crippen LogP) is 1.93. The van der Waals surface area contributed by atoms with Gasteiger partial charge in [0.05, 0.1) is 12.6 Å². The molecule has 1 fully saturated rings. The lowest BCUT2D eigenvalue weighted by Gasteiger charge is -2.38. The molecule has 2 unspecified atom stereocenters. The van der Waals surface area contributed by atoms with Gasteiger partial charge in [-0.1, -0.05) is 19.8 Å². The van der Waals surface area contributed by atoms with E-state index >= 15 is 0 Å². The summed E-state index contributed by atoms with van der Waals surface area (Å²) in [7, 11) is 0. The highest BCUT2D eigenvalue weighted by molar-refractivity contribution is 5.12. The normalized spacial score (nSPS) is 37.1. The molecule has 0 aliphatic heterocycles. The van der Waals surface area contributed by atoms with Gasteiger partial charge in [-0.2, -0.15) is 5.26 Å². The quantitative estimate of drug-likeness (QED) is 0.675. The summed E-state index contributed by atoms with van der Waals surface area (Å²) < 4.78 is 0. The Balaban J connectivity index is 2.69. The van der Waals surface area contributed by atoms with Crippen LogP contribution in [-0.4, -0.2) is 12.1 Å². The Labute approximate surface area is 86.7 Å². The van der Waals surface area contributed by atoms with Gasteiger partial charge in [0.1, 0.15) is 5.54 Å². The molecular formula is C12H18N2. The fourth-order valence-electron chi connectivity index (χ4n) is 2.62. The van der Waals surface area contributed by atoms with Crippen LogP contribution in [0.4, 0.5) is 0 Å². The highest BCUT2D eigenvalue weighted by atomic mass is 15.0. The van der Waals surface area contributed by atoms with E-state index in [2.05, 4.69) is 31.2 Å². The van der Waals surface area contributed by atoms with Crippen molar-refractivity contribution in [3.63, 3.8) is 0 Å². The van der Waals surface area contributed by atoms with Crippen LogP contribution < -0.4 is 5.32 Å². The van der Waals surface area contributed by atoms with Crippen LogP contribution in [0.15, 0.2) is 0 Å². The summed E-state index contributed by atoms with van der Waals surface area (Å²) >= 11 is 0. The molecule has 1 aliphatic rings. The first kappa shape index (κ1) is 11.1. The average Bonchev–Trinajstić information content (AvgIpc) is 2.13. The van der Waals surface area contributed by atoms with Crippen LogP contribution in [0, 0.1) is 35.5 Å². The third kappa shape index (κ3) is 2.50. The van der Waals surface area contributed by atoms with Gasteiger partial charge in [0, 0.05) is 0 Å². The number of nitrogens with one attached hydrogen (secondary N) is 1. The second-order valence-electron chi connectivity index (χ2n) is 4.61. The van der Waals surface area contributed by atoms with E-state index in [1.807, 2.05) is 0 Å². The SMILES string of the molecule is C#CCNC1(C#N)CC(C)CC(C)C1. The third-order valence-corrected chi connectivity index (χ3v) is 2.94. The Morgan fingerprint density at radius 3 is 2.43 bits per heavy atom. The van der Waals surface area contributed by atoms with Gasteiger partial charge in [0.15, 0.2) is 0 Å². The first-order chi connectivity index (χ1) is 6.62. The summed E-state index contributed by atoms with van der Waals surface area (Å²) in [5.41, 5.74) is -0.372. The zero-order chi connectivity index (χ0) is 10.6. The smallest absolute Gasteiger partial charge is 0.108 e. The molecule has 0 aromatic carbocycles. The van der Waals surface area contributed by atoms with Gasteiger partial charge >= 0.3 is 0 Å². The summed E-state index contributed by atoms with van der Waals surface area (Å²) in [5, 5.41) is 12.4. The third-order valence-electron chi connectivity index (χ3n) is 2.94. The summed E-state index contributed by atoms with van der Waals surface area (Å²) in [6.07, 6.45) is 8.28. The van der Waals surface area contributed by atoms with E-state index in [0.29, 0.717) is 18.4 Å². The van der Waals surface area contributed by atoms with Crippen LogP contribution in [0.3, 0.4) is 0 Å². The summed E-state index contributed by atoms with van der Waals surface area (Å²) in [5.74, 6) is 3.77. The van der Waals surface area contributed by atoms with Gasteiger partial charge in [0.25, 0.3) is 0 Å². The monoisotopic (exact) mass is 190 g/mol. The van der Waals surface area contributed by atoms with E-state index in [0.717, 1.165) is 12.8 Å². The number of terminal acetylenes is 1. The maximum atomic E-state index is 9.22. The lowest BCUT2D eigenvalue weighted by Crippen LogP contribution is -2.49. The van der Waals surface area contributed by atoms with Crippen molar-refractivity contribution in [3.8, 4) is 18.4 Å². The van der Waals surface area contributed by atoms with Crippen molar-refractivity contribution in [1.29, 1.82) is 5.26 Å². The van der Waals surface area contributed by atoms with E-state index in [-0.39, 0.29) is 5.54 Å². The van der Waals surface area contributed by atoms with Crippen molar-refractivity contribution in [2.75, 3.05) is 6.54 Å². The van der Waals surface area contributed by atoms with Gasteiger partial charge in [0.2, 0.25) is 0 Å². The van der Waals surface area contributed by atoms with E-state index in [9.17, 15) is 5.26 Å². The molecule has 0 amide bonds. The zero-order valence-corrected chi connectivity index (χ0v) is 9.01. The number of nitriles is 1. The number of hydrogen-bond acceptors (Lipinski definition) is 2. The summed E-state index contributed by atoms with van der Waals surface area (Å²) in [6, 6.07) is 2.41. The lowest BCUT2D eigenvalue weighted by molar-refractivity contribution is 0.194. The standard InChI is InChI=1S/C12H18N2/c1-4-5-14-12(9-13)7-10(2)6-11(3)8-12/h1,10-11,14H,5-8H2,2-3H3. The van der Waals surface area contributed by atoms with E-state index in [1.165, 1.54) is 6.42 Å². The van der Waals surface area contributed by atoms with Gasteiger partial charge < -0.3 is 0 Å². The van der Waals surface area contributed by atoms with Crippen molar-refractivity contribution in [3.05, 3.63) is 0 Å². The second-order valence-corrected chi connectivity index (χ2v) is 4.61.